The molecule has 0 aromatic heterocycles. The summed E-state index contributed by atoms with van der Waals surface area (Å²) in [7, 11) is 1.48. The van der Waals surface area contributed by atoms with Crippen LogP contribution < -0.4 is 14.8 Å². The number of amides is 1. The Morgan fingerprint density at radius 2 is 1.79 bits per heavy atom. The Hall–Kier alpha value is -2.89. The van der Waals surface area contributed by atoms with Crippen LogP contribution >= 0.6 is 0 Å². The molecule has 6 heteroatoms. The predicted octanol–water partition coefficient (Wildman–Crippen LogP) is 4.46. The van der Waals surface area contributed by atoms with Crippen molar-refractivity contribution < 1.29 is 23.5 Å². The number of carbonyl (C=O) groups excluding carboxylic acids is 2. The Labute approximate surface area is 170 Å². The van der Waals surface area contributed by atoms with E-state index in [9.17, 15) is 14.0 Å². The summed E-state index contributed by atoms with van der Waals surface area (Å²) in [5.41, 5.74) is 1.41. The zero-order chi connectivity index (χ0) is 20.8. The molecule has 0 radical (unpaired) electrons. The van der Waals surface area contributed by atoms with E-state index in [1.165, 1.54) is 26.2 Å². The first-order chi connectivity index (χ1) is 14.0. The van der Waals surface area contributed by atoms with Gasteiger partial charge in [-0.1, -0.05) is 25.0 Å². The van der Waals surface area contributed by atoms with Gasteiger partial charge in [0.25, 0.3) is 5.91 Å². The first-order valence-electron chi connectivity index (χ1n) is 9.84. The fourth-order valence-corrected chi connectivity index (χ4v) is 3.80. The largest absolute Gasteiger partial charge is 0.493 e. The summed E-state index contributed by atoms with van der Waals surface area (Å²) in [5.74, 6) is 0.488. The van der Waals surface area contributed by atoms with Crippen molar-refractivity contribution in [1.29, 1.82) is 0 Å². The zero-order valence-electron chi connectivity index (χ0n) is 16.7. The number of halogens is 1. The van der Waals surface area contributed by atoms with Gasteiger partial charge in [-0.3, -0.25) is 9.59 Å². The number of hydrogen-bond donors (Lipinski definition) is 1. The minimum Gasteiger partial charge on any atom is -0.493 e. The monoisotopic (exact) mass is 399 g/mol. The Balaban J connectivity index is 1.67. The van der Waals surface area contributed by atoms with Crippen LogP contribution in [0.4, 0.5) is 4.39 Å². The topological polar surface area (TPSA) is 64.6 Å². The molecule has 1 aliphatic carbocycles. The van der Waals surface area contributed by atoms with Crippen LogP contribution in [0.15, 0.2) is 42.5 Å². The molecule has 0 saturated heterocycles. The molecular weight excluding hydrogens is 373 g/mol. The Morgan fingerprint density at radius 3 is 2.41 bits per heavy atom. The molecule has 0 bridgehead atoms. The number of ketones is 1. The van der Waals surface area contributed by atoms with Crippen LogP contribution in [0.2, 0.25) is 0 Å². The number of hydrogen-bond acceptors (Lipinski definition) is 4. The average Bonchev–Trinajstić information content (AvgIpc) is 3.25. The van der Waals surface area contributed by atoms with Crippen molar-refractivity contribution in [2.75, 3.05) is 13.7 Å². The normalized spacial score (nSPS) is 15.0. The standard InChI is InChI=1S/C23H26FNO4/c1-15(26)18-9-12-20(21(13-18)28-2)29-14-22(27)25-23(16-5-3-4-6-16)17-7-10-19(24)11-8-17/h7-13,16,23H,3-6,14H2,1-2H3,(H,25,27)/t23-/m1/s1. The van der Waals surface area contributed by atoms with E-state index in [4.69, 9.17) is 9.47 Å². The van der Waals surface area contributed by atoms with E-state index in [0.29, 0.717) is 23.0 Å². The van der Waals surface area contributed by atoms with Crippen molar-refractivity contribution in [1.82, 2.24) is 5.32 Å². The number of nitrogens with one attached hydrogen (secondary N) is 1. The molecule has 1 amide bonds. The van der Waals surface area contributed by atoms with Gasteiger partial charge < -0.3 is 14.8 Å². The molecular formula is C23H26FNO4. The fourth-order valence-electron chi connectivity index (χ4n) is 3.80. The lowest BCUT2D eigenvalue weighted by atomic mass is 9.91. The second kappa shape index (κ2) is 9.54. The third-order valence-electron chi connectivity index (χ3n) is 5.35. The van der Waals surface area contributed by atoms with E-state index in [1.54, 1.807) is 30.3 Å². The third kappa shape index (κ3) is 5.34. The van der Waals surface area contributed by atoms with Crippen LogP contribution in [0.25, 0.3) is 0 Å². The highest BCUT2D eigenvalue weighted by molar-refractivity contribution is 5.94. The van der Waals surface area contributed by atoms with Crippen LogP contribution in [0.3, 0.4) is 0 Å². The molecule has 29 heavy (non-hydrogen) atoms. The fraction of sp³-hybridized carbons (Fsp3) is 0.391. The van der Waals surface area contributed by atoms with E-state index >= 15 is 0 Å². The molecule has 5 nitrogen and oxygen atoms in total. The highest BCUT2D eigenvalue weighted by Crippen LogP contribution is 2.36. The van der Waals surface area contributed by atoms with E-state index in [0.717, 1.165) is 31.2 Å². The lowest BCUT2D eigenvalue weighted by Gasteiger charge is -2.25. The van der Waals surface area contributed by atoms with E-state index in [2.05, 4.69) is 5.32 Å². The number of rotatable bonds is 8. The van der Waals surface area contributed by atoms with Crippen LogP contribution in [-0.2, 0) is 4.79 Å². The van der Waals surface area contributed by atoms with Crippen LogP contribution in [0.5, 0.6) is 11.5 Å². The van der Waals surface area contributed by atoms with Crippen LogP contribution in [0.1, 0.15) is 54.6 Å². The number of Topliss-reactive ketones (excluding diaryl/α,β-unsaturated/α-hetero) is 1. The number of methoxy groups -OCH3 is 1. The highest BCUT2D eigenvalue weighted by Gasteiger charge is 2.28. The van der Waals surface area contributed by atoms with Gasteiger partial charge in [-0.15, -0.1) is 0 Å². The molecule has 2 aromatic carbocycles. The smallest absolute Gasteiger partial charge is 0.258 e. The molecule has 0 aliphatic heterocycles. The van der Waals surface area contributed by atoms with Gasteiger partial charge in [0.1, 0.15) is 5.82 Å². The van der Waals surface area contributed by atoms with Crippen molar-refractivity contribution >= 4 is 11.7 Å². The summed E-state index contributed by atoms with van der Waals surface area (Å²) in [6.07, 6.45) is 4.33. The van der Waals surface area contributed by atoms with E-state index in [-0.39, 0.29) is 30.2 Å². The quantitative estimate of drug-likeness (QED) is 0.666. The molecule has 1 aliphatic rings. The van der Waals surface area contributed by atoms with Gasteiger partial charge in [0.05, 0.1) is 13.2 Å². The predicted molar refractivity (Wildman–Crippen MR) is 108 cm³/mol. The van der Waals surface area contributed by atoms with Gasteiger partial charge in [-0.25, -0.2) is 4.39 Å². The lowest BCUT2D eigenvalue weighted by Crippen LogP contribution is -2.36. The third-order valence-corrected chi connectivity index (χ3v) is 5.35. The number of benzene rings is 2. The number of carbonyl (C=O) groups is 2. The highest BCUT2D eigenvalue weighted by atomic mass is 19.1. The summed E-state index contributed by atoms with van der Waals surface area (Å²) in [4.78, 5) is 24.1. The minimum atomic E-state index is -0.297. The maximum Gasteiger partial charge on any atom is 0.258 e. The molecule has 0 heterocycles. The van der Waals surface area contributed by atoms with Gasteiger partial charge in [-0.2, -0.15) is 0 Å². The maximum absolute atomic E-state index is 13.3. The Bertz CT molecular complexity index is 860. The first-order valence-corrected chi connectivity index (χ1v) is 9.84. The van der Waals surface area contributed by atoms with Gasteiger partial charge in [0.15, 0.2) is 23.9 Å². The molecule has 3 rings (SSSR count). The van der Waals surface area contributed by atoms with Gasteiger partial charge in [-0.05, 0) is 61.6 Å². The van der Waals surface area contributed by atoms with Crippen LogP contribution in [-0.4, -0.2) is 25.4 Å². The van der Waals surface area contributed by atoms with Gasteiger partial charge in [0, 0.05) is 5.56 Å². The maximum atomic E-state index is 13.3. The summed E-state index contributed by atoms with van der Waals surface area (Å²) in [5, 5.41) is 3.05. The molecule has 1 atom stereocenters. The van der Waals surface area contributed by atoms with E-state index < -0.39 is 0 Å². The summed E-state index contributed by atoms with van der Waals surface area (Å²) >= 11 is 0. The second-order valence-electron chi connectivity index (χ2n) is 7.35. The molecule has 1 fully saturated rings. The summed E-state index contributed by atoms with van der Waals surface area (Å²) in [6, 6.07) is 11.0. The second-order valence-corrected chi connectivity index (χ2v) is 7.35. The average molecular weight is 399 g/mol. The van der Waals surface area contributed by atoms with Crippen molar-refractivity contribution in [2.24, 2.45) is 5.92 Å². The first kappa shape index (κ1) is 20.8. The molecule has 2 aromatic rings. The Kier molecular flexibility index (Phi) is 6.86. The minimum absolute atomic E-state index is 0.0775. The van der Waals surface area contributed by atoms with Gasteiger partial charge in [0.2, 0.25) is 0 Å². The molecule has 1 N–H and O–H groups in total. The summed E-state index contributed by atoms with van der Waals surface area (Å²) in [6.45, 7) is 1.29. The van der Waals surface area contributed by atoms with Crippen molar-refractivity contribution in [3.63, 3.8) is 0 Å². The molecule has 0 unspecified atom stereocenters. The van der Waals surface area contributed by atoms with Crippen molar-refractivity contribution in [3.05, 3.63) is 59.4 Å². The van der Waals surface area contributed by atoms with Crippen LogP contribution in [0, 0.1) is 11.7 Å². The lowest BCUT2D eigenvalue weighted by molar-refractivity contribution is -0.124. The zero-order valence-corrected chi connectivity index (χ0v) is 16.7. The van der Waals surface area contributed by atoms with E-state index in [1.807, 2.05) is 0 Å². The SMILES string of the molecule is COc1cc(C(C)=O)ccc1OCC(=O)N[C@@H](c1ccc(F)cc1)C1CCCC1. The molecule has 1 saturated carbocycles. The molecule has 0 spiro atoms. The van der Waals surface area contributed by atoms with Crippen molar-refractivity contribution in [2.45, 2.75) is 38.6 Å². The number of ether oxygens (including phenoxy) is 2. The Morgan fingerprint density at radius 1 is 1.10 bits per heavy atom. The molecule has 154 valence electrons. The van der Waals surface area contributed by atoms with Gasteiger partial charge >= 0.3 is 0 Å². The van der Waals surface area contributed by atoms with Crippen molar-refractivity contribution in [3.8, 4) is 11.5 Å². The summed E-state index contributed by atoms with van der Waals surface area (Å²) < 4.78 is 24.2.